The van der Waals surface area contributed by atoms with Gasteiger partial charge in [0.05, 0.1) is 16.9 Å². The molecule has 3 heterocycles. The SMILES string of the molecule is O=C(Nc1cccc(Br)c1)N1CCC2(CC1)Nc1cc(F)ccc1-n1cccc12. The molecular formula is C22H20BrFN4O. The van der Waals surface area contributed by atoms with E-state index in [9.17, 15) is 9.18 Å². The molecule has 2 amide bonds. The van der Waals surface area contributed by atoms with Crippen molar-refractivity contribution in [2.24, 2.45) is 0 Å². The maximum Gasteiger partial charge on any atom is 0.321 e. The third kappa shape index (κ3) is 3.19. The Morgan fingerprint density at radius 1 is 1.10 bits per heavy atom. The number of halogens is 2. The number of nitrogens with zero attached hydrogens (tertiary/aromatic N) is 2. The Labute approximate surface area is 176 Å². The van der Waals surface area contributed by atoms with E-state index in [0.29, 0.717) is 13.1 Å². The number of nitrogens with one attached hydrogen (secondary N) is 2. The van der Waals surface area contributed by atoms with Crippen LogP contribution in [0, 0.1) is 5.82 Å². The van der Waals surface area contributed by atoms with Crippen molar-refractivity contribution in [3.63, 3.8) is 0 Å². The van der Waals surface area contributed by atoms with E-state index >= 15 is 0 Å². The van der Waals surface area contributed by atoms with Crippen LogP contribution in [0.2, 0.25) is 0 Å². The molecule has 0 unspecified atom stereocenters. The highest BCUT2D eigenvalue weighted by molar-refractivity contribution is 9.10. The Bertz CT molecular complexity index is 1090. The van der Waals surface area contributed by atoms with Crippen molar-refractivity contribution in [2.45, 2.75) is 18.4 Å². The molecule has 1 saturated heterocycles. The number of rotatable bonds is 1. The fourth-order valence-corrected chi connectivity index (χ4v) is 4.76. The lowest BCUT2D eigenvalue weighted by Crippen LogP contribution is -2.51. The number of carbonyl (C=O) groups is 1. The zero-order valence-corrected chi connectivity index (χ0v) is 17.2. The first-order chi connectivity index (χ1) is 14.0. The van der Waals surface area contributed by atoms with Gasteiger partial charge >= 0.3 is 6.03 Å². The first-order valence-electron chi connectivity index (χ1n) is 9.62. The van der Waals surface area contributed by atoms with Crippen LogP contribution in [0.4, 0.5) is 20.6 Å². The predicted molar refractivity (Wildman–Crippen MR) is 115 cm³/mol. The van der Waals surface area contributed by atoms with E-state index in [-0.39, 0.29) is 17.4 Å². The van der Waals surface area contributed by atoms with Gasteiger partial charge in [0.15, 0.2) is 0 Å². The number of aromatic nitrogens is 1. The number of hydrogen-bond acceptors (Lipinski definition) is 2. The summed E-state index contributed by atoms with van der Waals surface area (Å²) in [5.74, 6) is -0.257. The number of benzene rings is 2. The second-order valence-corrected chi connectivity index (χ2v) is 8.48. The summed E-state index contributed by atoms with van der Waals surface area (Å²) in [4.78, 5) is 14.5. The van der Waals surface area contributed by atoms with Crippen LogP contribution in [0.15, 0.2) is 65.3 Å². The summed E-state index contributed by atoms with van der Waals surface area (Å²) in [5, 5.41) is 6.55. The number of amides is 2. The standard InChI is InChI=1S/C22H20BrFN4O/c23-15-3-1-4-17(13-15)25-21(29)27-11-8-22(9-12-27)20-5-2-10-28(20)19-7-6-16(24)14-18(19)26-22/h1-7,10,13-14,26H,8-9,11-12H2,(H,25,29). The van der Waals surface area contributed by atoms with Gasteiger partial charge in [-0.05, 0) is 61.4 Å². The molecule has 5 rings (SSSR count). The molecule has 148 valence electrons. The van der Waals surface area contributed by atoms with Gasteiger partial charge < -0.3 is 20.1 Å². The summed E-state index contributed by atoms with van der Waals surface area (Å²) in [6.45, 7) is 1.23. The Hall–Kier alpha value is -2.80. The maximum atomic E-state index is 13.8. The van der Waals surface area contributed by atoms with Crippen LogP contribution in [0.5, 0.6) is 0 Å². The van der Waals surface area contributed by atoms with Crippen LogP contribution in [-0.4, -0.2) is 28.6 Å². The largest absolute Gasteiger partial charge is 0.372 e. The summed E-state index contributed by atoms with van der Waals surface area (Å²) in [6.07, 6.45) is 3.51. The molecule has 0 radical (unpaired) electrons. The first kappa shape index (κ1) is 18.2. The minimum Gasteiger partial charge on any atom is -0.372 e. The van der Waals surface area contributed by atoms with E-state index in [2.05, 4.69) is 37.2 Å². The van der Waals surface area contributed by atoms with Gasteiger partial charge in [-0.1, -0.05) is 22.0 Å². The average molecular weight is 455 g/mol. The zero-order chi connectivity index (χ0) is 20.0. The molecule has 0 atom stereocenters. The molecule has 0 bridgehead atoms. The van der Waals surface area contributed by atoms with Crippen molar-refractivity contribution in [3.8, 4) is 5.69 Å². The van der Waals surface area contributed by atoms with Crippen molar-refractivity contribution in [1.82, 2.24) is 9.47 Å². The molecule has 3 aromatic rings. The Morgan fingerprint density at radius 3 is 2.72 bits per heavy atom. The fraction of sp³-hybridized carbons (Fsp3) is 0.227. The van der Waals surface area contributed by atoms with Crippen LogP contribution >= 0.6 is 15.9 Å². The summed E-state index contributed by atoms with van der Waals surface area (Å²) in [7, 11) is 0. The average Bonchev–Trinajstić information content (AvgIpc) is 3.19. The maximum absolute atomic E-state index is 13.8. The molecule has 2 aliphatic rings. The lowest BCUT2D eigenvalue weighted by atomic mass is 9.82. The second-order valence-electron chi connectivity index (χ2n) is 7.56. The number of piperidine rings is 1. The van der Waals surface area contributed by atoms with Gasteiger partial charge in [-0.3, -0.25) is 0 Å². The molecule has 5 nitrogen and oxygen atoms in total. The van der Waals surface area contributed by atoms with E-state index in [4.69, 9.17) is 0 Å². The monoisotopic (exact) mass is 454 g/mol. The minimum atomic E-state index is -0.309. The molecule has 2 aliphatic heterocycles. The number of carbonyl (C=O) groups excluding carboxylic acids is 1. The molecule has 1 spiro atoms. The van der Waals surface area contributed by atoms with Crippen molar-refractivity contribution < 1.29 is 9.18 Å². The van der Waals surface area contributed by atoms with E-state index in [1.165, 1.54) is 6.07 Å². The molecule has 1 fully saturated rings. The number of anilines is 2. The molecule has 2 aromatic carbocycles. The van der Waals surface area contributed by atoms with Gasteiger partial charge in [-0.25, -0.2) is 9.18 Å². The number of likely N-dealkylation sites (tertiary alicyclic amines) is 1. The van der Waals surface area contributed by atoms with Gasteiger partial charge in [0.2, 0.25) is 0 Å². The first-order valence-corrected chi connectivity index (χ1v) is 10.4. The number of urea groups is 1. The highest BCUT2D eigenvalue weighted by atomic mass is 79.9. The second kappa shape index (κ2) is 6.91. The van der Waals surface area contributed by atoms with Crippen LogP contribution in [-0.2, 0) is 5.54 Å². The molecule has 0 saturated carbocycles. The van der Waals surface area contributed by atoms with E-state index < -0.39 is 0 Å². The minimum absolute atomic E-state index is 0.101. The molecule has 29 heavy (non-hydrogen) atoms. The Balaban J connectivity index is 1.35. The fourth-order valence-electron chi connectivity index (χ4n) is 4.36. The lowest BCUT2D eigenvalue weighted by Gasteiger charge is -2.46. The van der Waals surface area contributed by atoms with Crippen molar-refractivity contribution >= 4 is 33.3 Å². The highest BCUT2D eigenvalue weighted by Crippen LogP contribution is 2.43. The zero-order valence-electron chi connectivity index (χ0n) is 15.7. The summed E-state index contributed by atoms with van der Waals surface area (Å²) in [6, 6.07) is 16.4. The number of fused-ring (bicyclic) bond motifs is 4. The summed E-state index contributed by atoms with van der Waals surface area (Å²) in [5.41, 5.74) is 3.35. The van der Waals surface area contributed by atoms with Crippen molar-refractivity contribution in [3.05, 3.63) is 76.8 Å². The lowest BCUT2D eigenvalue weighted by molar-refractivity contribution is 0.174. The summed E-state index contributed by atoms with van der Waals surface area (Å²) >= 11 is 3.42. The predicted octanol–water partition coefficient (Wildman–Crippen LogP) is 5.33. The van der Waals surface area contributed by atoms with Crippen LogP contribution < -0.4 is 10.6 Å². The smallest absolute Gasteiger partial charge is 0.321 e. The van der Waals surface area contributed by atoms with Crippen LogP contribution in [0.25, 0.3) is 5.69 Å². The number of hydrogen-bond donors (Lipinski definition) is 2. The van der Waals surface area contributed by atoms with Crippen LogP contribution in [0.1, 0.15) is 18.5 Å². The molecule has 1 aromatic heterocycles. The molecule has 2 N–H and O–H groups in total. The van der Waals surface area contributed by atoms with Gasteiger partial charge in [-0.15, -0.1) is 0 Å². The summed E-state index contributed by atoms with van der Waals surface area (Å²) < 4.78 is 16.9. The van der Waals surface area contributed by atoms with Crippen LogP contribution in [0.3, 0.4) is 0 Å². The van der Waals surface area contributed by atoms with Crippen molar-refractivity contribution in [2.75, 3.05) is 23.7 Å². The highest BCUT2D eigenvalue weighted by Gasteiger charge is 2.42. The quantitative estimate of drug-likeness (QED) is 0.522. The molecule has 7 heteroatoms. The van der Waals surface area contributed by atoms with Gasteiger partial charge in [0.1, 0.15) is 5.82 Å². The Morgan fingerprint density at radius 2 is 1.93 bits per heavy atom. The van der Waals surface area contributed by atoms with Gasteiger partial charge in [-0.2, -0.15) is 0 Å². The molecular weight excluding hydrogens is 435 g/mol. The third-order valence-corrected chi connectivity index (χ3v) is 6.30. The van der Waals surface area contributed by atoms with E-state index in [0.717, 1.165) is 40.1 Å². The van der Waals surface area contributed by atoms with Crippen molar-refractivity contribution in [1.29, 1.82) is 0 Å². The van der Waals surface area contributed by atoms with E-state index in [1.54, 1.807) is 12.1 Å². The molecule has 0 aliphatic carbocycles. The Kier molecular flexibility index (Phi) is 4.35. The topological polar surface area (TPSA) is 49.3 Å². The van der Waals surface area contributed by atoms with Gasteiger partial charge in [0.25, 0.3) is 0 Å². The van der Waals surface area contributed by atoms with E-state index in [1.807, 2.05) is 41.4 Å². The third-order valence-electron chi connectivity index (χ3n) is 5.81. The normalized spacial score (nSPS) is 16.7. The van der Waals surface area contributed by atoms with Gasteiger partial charge in [0, 0.05) is 35.1 Å².